The number of benzene rings is 1. The van der Waals surface area contributed by atoms with Gasteiger partial charge in [-0.1, -0.05) is 30.3 Å². The Morgan fingerprint density at radius 1 is 1.32 bits per heavy atom. The summed E-state index contributed by atoms with van der Waals surface area (Å²) in [6.45, 7) is 5.55. The predicted molar refractivity (Wildman–Crippen MR) is 86.6 cm³/mol. The van der Waals surface area contributed by atoms with E-state index in [-0.39, 0.29) is 0 Å². The van der Waals surface area contributed by atoms with E-state index in [0.717, 1.165) is 45.2 Å². The lowest BCUT2D eigenvalue weighted by Crippen LogP contribution is -2.45. The van der Waals surface area contributed by atoms with Crippen molar-refractivity contribution in [3.05, 3.63) is 54.1 Å². The van der Waals surface area contributed by atoms with Gasteiger partial charge in [-0.15, -0.1) is 0 Å². The van der Waals surface area contributed by atoms with Gasteiger partial charge in [-0.2, -0.15) is 0 Å². The van der Waals surface area contributed by atoms with E-state index in [1.807, 2.05) is 12.4 Å². The van der Waals surface area contributed by atoms with Crippen LogP contribution >= 0.6 is 0 Å². The van der Waals surface area contributed by atoms with E-state index in [9.17, 15) is 0 Å². The lowest BCUT2D eigenvalue weighted by molar-refractivity contribution is 0.174. The summed E-state index contributed by atoms with van der Waals surface area (Å²) >= 11 is 0. The van der Waals surface area contributed by atoms with Gasteiger partial charge < -0.3 is 14.6 Å². The van der Waals surface area contributed by atoms with Crippen LogP contribution in [0.1, 0.15) is 17.4 Å². The van der Waals surface area contributed by atoms with Crippen LogP contribution in [0.4, 0.5) is 0 Å². The lowest BCUT2D eigenvalue weighted by Gasteiger charge is -2.33. The fourth-order valence-electron chi connectivity index (χ4n) is 2.95. The Kier molecular flexibility index (Phi) is 5.21. The SMILES string of the molecule is COCCn1ccnc1CN1CCNC(c2ccccc2)C1. The molecular weight excluding hydrogens is 276 g/mol. The zero-order chi connectivity index (χ0) is 15.2. The Morgan fingerprint density at radius 2 is 2.18 bits per heavy atom. The highest BCUT2D eigenvalue weighted by atomic mass is 16.5. The molecule has 1 saturated heterocycles. The molecule has 0 spiro atoms. The van der Waals surface area contributed by atoms with Gasteiger partial charge in [0.15, 0.2) is 0 Å². The molecule has 1 fully saturated rings. The quantitative estimate of drug-likeness (QED) is 0.881. The van der Waals surface area contributed by atoms with E-state index in [1.165, 1.54) is 5.56 Å². The van der Waals surface area contributed by atoms with Crippen LogP contribution in [0.2, 0.25) is 0 Å². The Bertz CT molecular complexity index is 569. The Hall–Kier alpha value is -1.69. The molecule has 5 heteroatoms. The first kappa shape index (κ1) is 15.2. The average Bonchev–Trinajstić information content (AvgIpc) is 3.01. The second kappa shape index (κ2) is 7.54. The van der Waals surface area contributed by atoms with Gasteiger partial charge in [-0.3, -0.25) is 4.90 Å². The van der Waals surface area contributed by atoms with E-state index in [4.69, 9.17) is 4.74 Å². The first-order chi connectivity index (χ1) is 10.9. The van der Waals surface area contributed by atoms with Gasteiger partial charge in [0.25, 0.3) is 0 Å². The Labute approximate surface area is 131 Å². The van der Waals surface area contributed by atoms with Gasteiger partial charge in [0.1, 0.15) is 5.82 Å². The fraction of sp³-hybridized carbons (Fsp3) is 0.471. The molecule has 1 aromatic heterocycles. The number of methoxy groups -OCH3 is 1. The van der Waals surface area contributed by atoms with Crippen LogP contribution in [0.25, 0.3) is 0 Å². The fourth-order valence-corrected chi connectivity index (χ4v) is 2.95. The predicted octanol–water partition coefficient (Wildman–Crippen LogP) is 1.68. The van der Waals surface area contributed by atoms with E-state index in [1.54, 1.807) is 7.11 Å². The van der Waals surface area contributed by atoms with Crippen molar-refractivity contribution in [2.75, 3.05) is 33.4 Å². The third-order valence-electron chi connectivity index (χ3n) is 4.16. The number of aromatic nitrogens is 2. The molecule has 1 aliphatic heterocycles. The average molecular weight is 300 g/mol. The van der Waals surface area contributed by atoms with Crippen LogP contribution < -0.4 is 5.32 Å². The Balaban J connectivity index is 1.62. The molecule has 0 aliphatic carbocycles. The smallest absolute Gasteiger partial charge is 0.122 e. The minimum atomic E-state index is 0.400. The summed E-state index contributed by atoms with van der Waals surface area (Å²) in [5, 5.41) is 3.60. The number of hydrogen-bond donors (Lipinski definition) is 1. The molecule has 22 heavy (non-hydrogen) atoms. The summed E-state index contributed by atoms with van der Waals surface area (Å²) < 4.78 is 7.35. The minimum Gasteiger partial charge on any atom is -0.383 e. The molecule has 2 aromatic rings. The summed E-state index contributed by atoms with van der Waals surface area (Å²) in [5.41, 5.74) is 1.36. The highest BCUT2D eigenvalue weighted by molar-refractivity contribution is 5.19. The number of rotatable bonds is 6. The summed E-state index contributed by atoms with van der Waals surface area (Å²) in [4.78, 5) is 6.98. The normalized spacial score (nSPS) is 19.4. The number of hydrogen-bond acceptors (Lipinski definition) is 4. The molecule has 118 valence electrons. The molecule has 1 N–H and O–H groups in total. The lowest BCUT2D eigenvalue weighted by atomic mass is 10.0. The zero-order valence-electron chi connectivity index (χ0n) is 13.1. The molecule has 0 radical (unpaired) electrons. The van der Waals surface area contributed by atoms with Crippen molar-refractivity contribution >= 4 is 0 Å². The van der Waals surface area contributed by atoms with Crippen LogP contribution in [0.3, 0.4) is 0 Å². The van der Waals surface area contributed by atoms with Gasteiger partial charge in [-0.05, 0) is 5.56 Å². The molecule has 1 unspecified atom stereocenters. The topological polar surface area (TPSA) is 42.3 Å². The molecular formula is C17H24N4O. The van der Waals surface area contributed by atoms with Gasteiger partial charge in [-0.25, -0.2) is 4.98 Å². The molecule has 2 heterocycles. The highest BCUT2D eigenvalue weighted by Gasteiger charge is 2.21. The summed E-state index contributed by atoms with van der Waals surface area (Å²) in [7, 11) is 1.73. The monoisotopic (exact) mass is 300 g/mol. The van der Waals surface area contributed by atoms with Crippen molar-refractivity contribution in [1.29, 1.82) is 0 Å². The van der Waals surface area contributed by atoms with Gasteiger partial charge >= 0.3 is 0 Å². The maximum absolute atomic E-state index is 5.16. The van der Waals surface area contributed by atoms with Gasteiger partial charge in [0, 0.05) is 51.7 Å². The highest BCUT2D eigenvalue weighted by Crippen LogP contribution is 2.18. The van der Waals surface area contributed by atoms with Crippen LogP contribution in [0.5, 0.6) is 0 Å². The maximum Gasteiger partial charge on any atom is 0.122 e. The molecule has 0 saturated carbocycles. The first-order valence-corrected chi connectivity index (χ1v) is 7.86. The summed E-state index contributed by atoms with van der Waals surface area (Å²) in [6.07, 6.45) is 3.91. The van der Waals surface area contributed by atoms with E-state index in [0.29, 0.717) is 6.04 Å². The zero-order valence-corrected chi connectivity index (χ0v) is 13.1. The minimum absolute atomic E-state index is 0.400. The summed E-state index contributed by atoms with van der Waals surface area (Å²) in [6, 6.07) is 11.1. The van der Waals surface area contributed by atoms with Crippen LogP contribution in [-0.2, 0) is 17.8 Å². The van der Waals surface area contributed by atoms with Crippen molar-refractivity contribution in [3.8, 4) is 0 Å². The van der Waals surface area contributed by atoms with Crippen LogP contribution in [0.15, 0.2) is 42.7 Å². The largest absolute Gasteiger partial charge is 0.383 e. The standard InChI is InChI=1S/C17H24N4O/c1-22-12-11-21-10-8-19-17(21)14-20-9-7-18-16(13-20)15-5-3-2-4-6-15/h2-6,8,10,16,18H,7,9,11-14H2,1H3. The van der Waals surface area contributed by atoms with Crippen molar-refractivity contribution in [1.82, 2.24) is 19.8 Å². The number of ether oxygens (including phenoxy) is 1. The third kappa shape index (κ3) is 3.74. The van der Waals surface area contributed by atoms with E-state index < -0.39 is 0 Å². The second-order valence-electron chi connectivity index (χ2n) is 5.68. The van der Waals surface area contributed by atoms with E-state index in [2.05, 4.69) is 50.1 Å². The molecule has 0 amide bonds. The molecule has 1 aliphatic rings. The third-order valence-corrected chi connectivity index (χ3v) is 4.16. The van der Waals surface area contributed by atoms with Crippen molar-refractivity contribution in [2.45, 2.75) is 19.1 Å². The van der Waals surface area contributed by atoms with Gasteiger partial charge in [0.2, 0.25) is 0 Å². The van der Waals surface area contributed by atoms with Crippen molar-refractivity contribution < 1.29 is 4.74 Å². The number of piperazine rings is 1. The molecule has 5 nitrogen and oxygen atoms in total. The first-order valence-electron chi connectivity index (χ1n) is 7.86. The summed E-state index contributed by atoms with van der Waals surface area (Å²) in [5.74, 6) is 1.12. The Morgan fingerprint density at radius 3 is 3.00 bits per heavy atom. The number of nitrogens with one attached hydrogen (secondary N) is 1. The van der Waals surface area contributed by atoms with Crippen molar-refractivity contribution in [3.63, 3.8) is 0 Å². The van der Waals surface area contributed by atoms with Crippen LogP contribution in [0, 0.1) is 0 Å². The molecule has 3 rings (SSSR count). The molecule has 1 atom stereocenters. The molecule has 1 aromatic carbocycles. The number of nitrogens with zero attached hydrogens (tertiary/aromatic N) is 3. The van der Waals surface area contributed by atoms with Gasteiger partial charge in [0.05, 0.1) is 13.2 Å². The number of imidazole rings is 1. The van der Waals surface area contributed by atoms with Crippen LogP contribution in [-0.4, -0.2) is 47.8 Å². The molecule has 0 bridgehead atoms. The van der Waals surface area contributed by atoms with Crippen molar-refractivity contribution in [2.24, 2.45) is 0 Å². The van der Waals surface area contributed by atoms with E-state index >= 15 is 0 Å². The maximum atomic E-state index is 5.16. The second-order valence-corrected chi connectivity index (χ2v) is 5.68.